The van der Waals surface area contributed by atoms with E-state index >= 15 is 0 Å². The summed E-state index contributed by atoms with van der Waals surface area (Å²) in [6.45, 7) is 0.721. The summed E-state index contributed by atoms with van der Waals surface area (Å²) in [7, 11) is 0. The number of anilines is 1. The minimum atomic E-state index is -1.03. The van der Waals surface area contributed by atoms with Gasteiger partial charge in [0, 0.05) is 11.8 Å². The van der Waals surface area contributed by atoms with Gasteiger partial charge in [-0.25, -0.2) is 4.79 Å². The Labute approximate surface area is 158 Å². The third-order valence-electron chi connectivity index (χ3n) is 3.22. The van der Waals surface area contributed by atoms with E-state index in [1.54, 1.807) is 18.2 Å². The number of rotatable bonds is 7. The molecule has 0 aliphatic heterocycles. The Bertz CT molecular complexity index is 890. The summed E-state index contributed by atoms with van der Waals surface area (Å²) in [6, 6.07) is 7.89. The van der Waals surface area contributed by atoms with E-state index in [9.17, 15) is 24.1 Å². The number of nitrogens with one attached hydrogen (secondary N) is 1. The van der Waals surface area contributed by atoms with Crippen molar-refractivity contribution < 1.29 is 28.4 Å². The Hall–Kier alpha value is -3.20. The molecular formula is C17H14ClFN2O6. The molecule has 2 aromatic carbocycles. The number of carbonyl (C=O) groups is 2. The van der Waals surface area contributed by atoms with E-state index in [0.29, 0.717) is 10.8 Å². The average molecular weight is 397 g/mol. The largest absolute Gasteiger partial charge is 0.480 e. The highest BCUT2D eigenvalue weighted by molar-refractivity contribution is 6.32. The fourth-order valence-corrected chi connectivity index (χ4v) is 2.15. The van der Waals surface area contributed by atoms with Crippen LogP contribution < -0.4 is 10.1 Å². The maximum absolute atomic E-state index is 13.2. The molecule has 1 N–H and O–H groups in total. The number of nitro benzene ring substituents is 1. The lowest BCUT2D eigenvalue weighted by Gasteiger charge is -2.09. The van der Waals surface area contributed by atoms with Crippen molar-refractivity contribution in [1.29, 1.82) is 0 Å². The number of esters is 1. The monoisotopic (exact) mass is 396 g/mol. The Morgan fingerprint density at radius 1 is 1.22 bits per heavy atom. The van der Waals surface area contributed by atoms with Gasteiger partial charge in [-0.05, 0) is 36.8 Å². The van der Waals surface area contributed by atoms with Crippen LogP contribution in [0.2, 0.25) is 5.02 Å². The number of hydrogen-bond acceptors (Lipinski definition) is 6. The third kappa shape index (κ3) is 5.93. The first-order chi connectivity index (χ1) is 12.8. The zero-order valence-electron chi connectivity index (χ0n) is 14.0. The summed E-state index contributed by atoms with van der Waals surface area (Å²) in [5.41, 5.74) is 0.0932. The van der Waals surface area contributed by atoms with Crippen LogP contribution in [0.5, 0.6) is 5.75 Å². The van der Waals surface area contributed by atoms with E-state index in [2.05, 4.69) is 5.32 Å². The van der Waals surface area contributed by atoms with Gasteiger partial charge in [-0.15, -0.1) is 0 Å². The van der Waals surface area contributed by atoms with Crippen molar-refractivity contribution in [3.05, 3.63) is 62.9 Å². The second kappa shape index (κ2) is 8.95. The summed E-state index contributed by atoms with van der Waals surface area (Å²) in [6.07, 6.45) is 0. The first-order valence-electron chi connectivity index (χ1n) is 7.54. The average Bonchev–Trinajstić information content (AvgIpc) is 2.62. The molecule has 1 amide bonds. The van der Waals surface area contributed by atoms with Crippen LogP contribution in [-0.2, 0) is 14.3 Å². The van der Waals surface area contributed by atoms with Gasteiger partial charge in [0.25, 0.3) is 5.91 Å². The first-order valence-corrected chi connectivity index (χ1v) is 7.92. The van der Waals surface area contributed by atoms with Gasteiger partial charge in [0.15, 0.2) is 13.2 Å². The van der Waals surface area contributed by atoms with Crippen molar-refractivity contribution in [2.75, 3.05) is 18.5 Å². The van der Waals surface area contributed by atoms with Gasteiger partial charge in [-0.1, -0.05) is 17.7 Å². The Morgan fingerprint density at radius 3 is 2.67 bits per heavy atom. The van der Waals surface area contributed by atoms with Gasteiger partial charge < -0.3 is 14.8 Å². The minimum Gasteiger partial charge on any atom is -0.480 e. The van der Waals surface area contributed by atoms with Crippen LogP contribution in [0.4, 0.5) is 15.8 Å². The van der Waals surface area contributed by atoms with Crippen molar-refractivity contribution in [1.82, 2.24) is 0 Å². The number of nitrogens with zero attached hydrogens (tertiary/aromatic N) is 1. The second-order valence-corrected chi connectivity index (χ2v) is 5.76. The molecule has 0 heterocycles. The fraction of sp³-hybridized carbons (Fsp3) is 0.176. The predicted octanol–water partition coefficient (Wildman–Crippen LogP) is 3.26. The molecule has 8 nitrogen and oxygen atoms in total. The maximum Gasteiger partial charge on any atom is 0.344 e. The van der Waals surface area contributed by atoms with Crippen molar-refractivity contribution in [3.63, 3.8) is 0 Å². The first kappa shape index (κ1) is 20.1. The fourth-order valence-electron chi connectivity index (χ4n) is 1.97. The molecule has 0 fully saturated rings. The van der Waals surface area contributed by atoms with Crippen LogP contribution in [0.15, 0.2) is 36.4 Å². The number of benzene rings is 2. The molecule has 0 saturated heterocycles. The van der Waals surface area contributed by atoms with Crippen LogP contribution in [0, 0.1) is 22.9 Å². The number of amides is 1. The molecule has 0 atom stereocenters. The summed E-state index contributed by atoms with van der Waals surface area (Å²) in [5.74, 6) is -2.29. The lowest BCUT2D eigenvalue weighted by molar-refractivity contribution is -0.387. The summed E-state index contributed by atoms with van der Waals surface area (Å²) < 4.78 is 23.2. The number of nitro groups is 1. The van der Waals surface area contributed by atoms with E-state index in [1.807, 2.05) is 6.92 Å². The molecule has 142 valence electrons. The Balaban J connectivity index is 1.83. The smallest absolute Gasteiger partial charge is 0.344 e. The quantitative estimate of drug-likeness (QED) is 0.437. The zero-order valence-corrected chi connectivity index (χ0v) is 14.8. The maximum atomic E-state index is 13.2. The standard InChI is InChI=1S/C17H14ClFN2O6/c1-10-2-4-12(18)15(6-10)26-9-17(23)27-8-16(22)20-11-3-5-13(19)14(7-11)21(24)25/h2-7H,8-9H2,1H3,(H,20,22). The molecule has 0 unspecified atom stereocenters. The van der Waals surface area contributed by atoms with E-state index < -0.39 is 41.5 Å². The Kier molecular flexibility index (Phi) is 6.67. The second-order valence-electron chi connectivity index (χ2n) is 5.35. The minimum absolute atomic E-state index is 0.00746. The van der Waals surface area contributed by atoms with Gasteiger partial charge in [0.1, 0.15) is 5.75 Å². The van der Waals surface area contributed by atoms with Crippen LogP contribution in [0.1, 0.15) is 5.56 Å². The topological polar surface area (TPSA) is 108 Å². The van der Waals surface area contributed by atoms with Gasteiger partial charge >= 0.3 is 11.7 Å². The number of carbonyl (C=O) groups excluding carboxylic acids is 2. The van der Waals surface area contributed by atoms with Gasteiger partial charge in [-0.2, -0.15) is 4.39 Å². The molecular weight excluding hydrogens is 383 g/mol. The molecule has 0 bridgehead atoms. The highest BCUT2D eigenvalue weighted by atomic mass is 35.5. The van der Waals surface area contributed by atoms with Gasteiger partial charge in [0.2, 0.25) is 5.82 Å². The predicted molar refractivity (Wildman–Crippen MR) is 94.3 cm³/mol. The Morgan fingerprint density at radius 2 is 1.96 bits per heavy atom. The molecule has 0 spiro atoms. The normalized spacial score (nSPS) is 10.2. The number of halogens is 2. The SMILES string of the molecule is Cc1ccc(Cl)c(OCC(=O)OCC(=O)Nc2ccc(F)c([N+](=O)[O-])c2)c1. The van der Waals surface area contributed by atoms with Crippen molar-refractivity contribution in [3.8, 4) is 5.75 Å². The summed E-state index contributed by atoms with van der Waals surface area (Å²) >= 11 is 5.93. The van der Waals surface area contributed by atoms with Crippen molar-refractivity contribution in [2.24, 2.45) is 0 Å². The molecule has 0 aliphatic rings. The highest BCUT2D eigenvalue weighted by Gasteiger charge is 2.16. The number of ether oxygens (including phenoxy) is 2. The van der Waals surface area contributed by atoms with Crippen LogP contribution in [0.3, 0.4) is 0 Å². The lowest BCUT2D eigenvalue weighted by atomic mass is 10.2. The summed E-state index contributed by atoms with van der Waals surface area (Å²) in [4.78, 5) is 33.1. The van der Waals surface area contributed by atoms with Gasteiger partial charge in [-0.3, -0.25) is 14.9 Å². The molecule has 10 heteroatoms. The van der Waals surface area contributed by atoms with Crippen LogP contribution >= 0.6 is 11.6 Å². The van der Waals surface area contributed by atoms with Gasteiger partial charge in [0.05, 0.1) is 9.95 Å². The molecule has 0 saturated carbocycles. The van der Waals surface area contributed by atoms with E-state index in [4.69, 9.17) is 21.1 Å². The van der Waals surface area contributed by atoms with Crippen LogP contribution in [0.25, 0.3) is 0 Å². The molecule has 2 aromatic rings. The van der Waals surface area contributed by atoms with Crippen molar-refractivity contribution >= 4 is 34.9 Å². The molecule has 0 radical (unpaired) electrons. The van der Waals surface area contributed by atoms with Crippen molar-refractivity contribution in [2.45, 2.75) is 6.92 Å². The van der Waals surface area contributed by atoms with E-state index in [0.717, 1.165) is 23.8 Å². The summed E-state index contributed by atoms with van der Waals surface area (Å²) in [5, 5.41) is 13.3. The molecule has 0 aliphatic carbocycles. The number of aryl methyl sites for hydroxylation is 1. The van der Waals surface area contributed by atoms with E-state index in [1.165, 1.54) is 0 Å². The van der Waals surface area contributed by atoms with E-state index in [-0.39, 0.29) is 5.69 Å². The lowest BCUT2D eigenvalue weighted by Crippen LogP contribution is -2.23. The molecule has 2 rings (SSSR count). The molecule has 27 heavy (non-hydrogen) atoms. The third-order valence-corrected chi connectivity index (χ3v) is 3.54. The highest BCUT2D eigenvalue weighted by Crippen LogP contribution is 2.25. The molecule has 0 aromatic heterocycles. The number of hydrogen-bond donors (Lipinski definition) is 1. The van der Waals surface area contributed by atoms with Crippen LogP contribution in [-0.4, -0.2) is 30.0 Å². The zero-order chi connectivity index (χ0) is 20.0.